The fraction of sp³-hybridized carbons (Fsp3) is 0.286. The van der Waals surface area contributed by atoms with Crippen LogP contribution in [0.2, 0.25) is 0 Å². The van der Waals surface area contributed by atoms with Crippen LogP contribution in [-0.2, 0) is 14.3 Å². The minimum atomic E-state index is -0.788. The lowest BCUT2D eigenvalue weighted by Gasteiger charge is -2.24. The molecule has 0 N–H and O–H groups in total. The van der Waals surface area contributed by atoms with Crippen LogP contribution in [0, 0.1) is 0 Å². The van der Waals surface area contributed by atoms with E-state index < -0.39 is 18.0 Å². The highest BCUT2D eigenvalue weighted by atomic mass is 79.9. The number of carbonyl (C=O) groups is 2. The summed E-state index contributed by atoms with van der Waals surface area (Å²) in [6.45, 7) is 7.18. The number of carbonyl (C=O) groups excluding carboxylic acids is 2. The Morgan fingerprint density at radius 1 is 1.18 bits per heavy atom. The highest BCUT2D eigenvalue weighted by molar-refractivity contribution is 9.10. The van der Waals surface area contributed by atoms with Gasteiger partial charge in [0.15, 0.2) is 27.8 Å². The molecule has 0 fully saturated rings. The fourth-order valence-corrected chi connectivity index (χ4v) is 6.11. The van der Waals surface area contributed by atoms with Crippen molar-refractivity contribution in [3.8, 4) is 23.0 Å². The monoisotopic (exact) mass is 628 g/mol. The van der Waals surface area contributed by atoms with Crippen molar-refractivity contribution in [3.63, 3.8) is 0 Å². The number of benzene rings is 2. The van der Waals surface area contributed by atoms with E-state index in [0.29, 0.717) is 54.5 Å². The Kier molecular flexibility index (Phi) is 7.81. The second-order valence-corrected chi connectivity index (χ2v) is 10.6. The van der Waals surface area contributed by atoms with Gasteiger partial charge in [-0.2, -0.15) is 0 Å². The molecule has 0 aliphatic carbocycles. The van der Waals surface area contributed by atoms with Gasteiger partial charge in [-0.15, -0.1) is 0 Å². The first-order chi connectivity index (χ1) is 19.2. The van der Waals surface area contributed by atoms with Gasteiger partial charge in [0.05, 0.1) is 39.5 Å². The molecule has 2 aromatic carbocycles. The second-order valence-electron chi connectivity index (χ2n) is 8.77. The number of ether oxygens (including phenoxy) is 5. The number of fused-ring (bicyclic) bond motifs is 2. The third-order valence-electron chi connectivity index (χ3n) is 6.10. The molecule has 2 aliphatic heterocycles. The van der Waals surface area contributed by atoms with Gasteiger partial charge in [0.2, 0.25) is 6.79 Å². The van der Waals surface area contributed by atoms with Crippen LogP contribution in [0.4, 0.5) is 0 Å². The first-order valence-electron chi connectivity index (χ1n) is 12.5. The molecule has 1 aromatic heterocycles. The fourth-order valence-electron chi connectivity index (χ4n) is 4.52. The SMILES string of the molecule is CCOC(=O)C1=C(C)N=c2s/c(=C\c3cc(Br)c(OC(C)=O)c(OCC)c3)c(=O)n2[C@H]1c1ccc2c(c1)OCO2. The number of allylic oxidation sites excluding steroid dienone is 1. The molecule has 0 unspecified atom stereocenters. The maximum absolute atomic E-state index is 13.9. The van der Waals surface area contributed by atoms with Crippen molar-refractivity contribution in [1.82, 2.24) is 4.57 Å². The van der Waals surface area contributed by atoms with Gasteiger partial charge in [-0.3, -0.25) is 14.2 Å². The van der Waals surface area contributed by atoms with E-state index in [0.717, 1.165) is 0 Å². The second kappa shape index (κ2) is 11.3. The van der Waals surface area contributed by atoms with Crippen LogP contribution in [0.3, 0.4) is 0 Å². The number of aromatic nitrogens is 1. The van der Waals surface area contributed by atoms with E-state index in [1.54, 1.807) is 50.3 Å². The molecule has 40 heavy (non-hydrogen) atoms. The third-order valence-corrected chi connectivity index (χ3v) is 7.68. The van der Waals surface area contributed by atoms with Crippen LogP contribution in [0.1, 0.15) is 44.9 Å². The van der Waals surface area contributed by atoms with E-state index in [-0.39, 0.29) is 30.3 Å². The van der Waals surface area contributed by atoms with E-state index >= 15 is 0 Å². The number of hydrogen-bond donors (Lipinski definition) is 0. The van der Waals surface area contributed by atoms with Gasteiger partial charge in [0, 0.05) is 6.92 Å². The van der Waals surface area contributed by atoms with Gasteiger partial charge in [0.1, 0.15) is 0 Å². The number of halogens is 1. The molecular formula is C28H25BrN2O8S. The van der Waals surface area contributed by atoms with Crippen LogP contribution in [0.5, 0.6) is 23.0 Å². The van der Waals surface area contributed by atoms with Gasteiger partial charge < -0.3 is 23.7 Å². The van der Waals surface area contributed by atoms with Gasteiger partial charge in [-0.25, -0.2) is 9.79 Å². The molecule has 208 valence electrons. The minimum absolute atomic E-state index is 0.0939. The van der Waals surface area contributed by atoms with E-state index in [2.05, 4.69) is 20.9 Å². The largest absolute Gasteiger partial charge is 0.490 e. The summed E-state index contributed by atoms with van der Waals surface area (Å²) in [5.41, 5.74) is 1.69. The standard InChI is InChI=1S/C28H25BrN2O8S/c1-5-35-21-10-16(9-18(29)25(21)39-15(4)32)11-22-26(33)31-24(17-7-8-19-20(12-17)38-13-37-19)23(27(34)36-6-2)14(3)30-28(31)40-22/h7-12,24H,5-6,13H2,1-4H3/b22-11-/t24-/m0/s1. The first-order valence-corrected chi connectivity index (χ1v) is 14.1. The average Bonchev–Trinajstić information content (AvgIpc) is 3.49. The molecule has 0 saturated carbocycles. The first kappa shape index (κ1) is 27.7. The zero-order valence-corrected chi connectivity index (χ0v) is 24.5. The molecule has 0 bridgehead atoms. The lowest BCUT2D eigenvalue weighted by Crippen LogP contribution is -2.39. The van der Waals surface area contributed by atoms with Crippen molar-refractivity contribution in [1.29, 1.82) is 0 Å². The van der Waals surface area contributed by atoms with E-state index in [1.165, 1.54) is 22.8 Å². The van der Waals surface area contributed by atoms with Crippen molar-refractivity contribution < 1.29 is 33.3 Å². The van der Waals surface area contributed by atoms with E-state index in [4.69, 9.17) is 23.7 Å². The highest BCUT2D eigenvalue weighted by Crippen LogP contribution is 2.39. The molecule has 10 nitrogen and oxygen atoms in total. The summed E-state index contributed by atoms with van der Waals surface area (Å²) in [5, 5.41) is 0. The maximum atomic E-state index is 13.9. The number of hydrogen-bond acceptors (Lipinski definition) is 10. The Morgan fingerprint density at radius 3 is 2.67 bits per heavy atom. The van der Waals surface area contributed by atoms with E-state index in [1.807, 2.05) is 6.92 Å². The minimum Gasteiger partial charge on any atom is -0.490 e. The zero-order valence-electron chi connectivity index (χ0n) is 22.1. The predicted octanol–water partition coefficient (Wildman–Crippen LogP) is 3.61. The molecule has 3 aromatic rings. The van der Waals surface area contributed by atoms with Crippen LogP contribution in [-0.4, -0.2) is 36.5 Å². The molecule has 1 atom stereocenters. The topological polar surface area (TPSA) is 115 Å². The molecule has 0 saturated heterocycles. The number of esters is 2. The number of thiazole rings is 1. The van der Waals surface area contributed by atoms with Crippen molar-refractivity contribution in [2.24, 2.45) is 4.99 Å². The summed E-state index contributed by atoms with van der Waals surface area (Å²) in [4.78, 5) is 43.7. The van der Waals surface area contributed by atoms with E-state index in [9.17, 15) is 14.4 Å². The molecule has 12 heteroatoms. The summed E-state index contributed by atoms with van der Waals surface area (Å²) in [6, 6.07) is 7.94. The Morgan fingerprint density at radius 2 is 1.95 bits per heavy atom. The molecular weight excluding hydrogens is 604 g/mol. The average molecular weight is 629 g/mol. The maximum Gasteiger partial charge on any atom is 0.338 e. The number of nitrogens with zero attached hydrogens (tertiary/aromatic N) is 2. The zero-order chi connectivity index (χ0) is 28.6. The summed E-state index contributed by atoms with van der Waals surface area (Å²) in [7, 11) is 0. The smallest absolute Gasteiger partial charge is 0.338 e. The highest BCUT2D eigenvalue weighted by Gasteiger charge is 2.34. The van der Waals surface area contributed by atoms with Crippen LogP contribution >= 0.6 is 27.3 Å². The Bertz CT molecular complexity index is 1740. The Hall–Kier alpha value is -3.90. The van der Waals surface area contributed by atoms with Gasteiger partial charge in [-0.05, 0) is 78.2 Å². The van der Waals surface area contributed by atoms with Crippen molar-refractivity contribution >= 4 is 45.3 Å². The van der Waals surface area contributed by atoms with Gasteiger partial charge in [-0.1, -0.05) is 17.4 Å². The summed E-state index contributed by atoms with van der Waals surface area (Å²) in [6.07, 6.45) is 1.70. The lowest BCUT2D eigenvalue weighted by molar-refractivity contribution is -0.139. The normalized spacial score (nSPS) is 15.9. The molecule has 0 radical (unpaired) electrons. The molecule has 3 heterocycles. The number of rotatable bonds is 7. The predicted molar refractivity (Wildman–Crippen MR) is 150 cm³/mol. The third kappa shape index (κ3) is 5.16. The van der Waals surface area contributed by atoms with Gasteiger partial charge >= 0.3 is 11.9 Å². The summed E-state index contributed by atoms with van der Waals surface area (Å²) >= 11 is 4.64. The van der Waals surface area contributed by atoms with Crippen LogP contribution in [0.15, 0.2) is 55.9 Å². The van der Waals surface area contributed by atoms with Crippen LogP contribution < -0.4 is 33.8 Å². The van der Waals surface area contributed by atoms with Gasteiger partial charge in [0.25, 0.3) is 5.56 Å². The quantitative estimate of drug-likeness (QED) is 0.288. The molecule has 2 aliphatic rings. The molecule has 0 amide bonds. The van der Waals surface area contributed by atoms with Crippen LogP contribution in [0.25, 0.3) is 6.08 Å². The summed E-state index contributed by atoms with van der Waals surface area (Å²) < 4.78 is 29.7. The van der Waals surface area contributed by atoms with Crippen molar-refractivity contribution in [2.75, 3.05) is 20.0 Å². The van der Waals surface area contributed by atoms with Crippen molar-refractivity contribution in [3.05, 3.63) is 76.9 Å². The van der Waals surface area contributed by atoms with Crippen molar-refractivity contribution in [2.45, 2.75) is 33.7 Å². The Labute approximate surface area is 241 Å². The summed E-state index contributed by atoms with van der Waals surface area (Å²) in [5.74, 6) is 0.683. The lowest BCUT2D eigenvalue weighted by atomic mass is 9.95. The molecule has 5 rings (SSSR count). The Balaban J connectivity index is 1.68. The molecule has 0 spiro atoms.